The number of ether oxygens (including phenoxy) is 1. The quantitative estimate of drug-likeness (QED) is 0.0773. The van der Waals surface area contributed by atoms with Crippen molar-refractivity contribution >= 4 is 17.9 Å². The number of aliphatic hydroxyl groups excluding tert-OH is 1. The highest BCUT2D eigenvalue weighted by molar-refractivity contribution is 5.94. The molecule has 0 aromatic heterocycles. The van der Waals surface area contributed by atoms with Gasteiger partial charge in [-0.2, -0.15) is 0 Å². The Hall–Kier alpha value is -2.29. The number of aliphatic hydroxyl groups is 1. The number of guanidine groups is 2. The second kappa shape index (κ2) is 19.1. The van der Waals surface area contributed by atoms with Gasteiger partial charge in [0.05, 0.1) is 18.2 Å². The lowest BCUT2D eigenvalue weighted by Crippen LogP contribution is -2.40. The van der Waals surface area contributed by atoms with Crippen LogP contribution in [0, 0.1) is 0 Å². The van der Waals surface area contributed by atoms with Gasteiger partial charge in [-0.1, -0.05) is 71.1 Å². The summed E-state index contributed by atoms with van der Waals surface area (Å²) in [5, 5.41) is 12.3. The lowest BCUT2D eigenvalue weighted by Gasteiger charge is -2.26. The molecule has 1 rings (SSSR count). The molecule has 0 bridgehead atoms. The second-order valence-electron chi connectivity index (χ2n) is 8.99. The van der Waals surface area contributed by atoms with E-state index >= 15 is 0 Å². The van der Waals surface area contributed by atoms with Crippen LogP contribution in [0.25, 0.3) is 0 Å². The monoisotopic (exact) mass is 480 g/mol. The summed E-state index contributed by atoms with van der Waals surface area (Å²) in [5.74, 6) is 0.142. The van der Waals surface area contributed by atoms with E-state index in [1.165, 1.54) is 32.1 Å². The minimum absolute atomic E-state index is 0.0518. The smallest absolute Gasteiger partial charge is 0.337 e. The molecule has 0 aliphatic carbocycles. The fraction of sp³-hybridized carbons (Fsp3) is 0.800. The van der Waals surface area contributed by atoms with Crippen LogP contribution in [0.4, 0.5) is 0 Å². The number of carbonyl (C=O) groups is 1. The van der Waals surface area contributed by atoms with Crippen molar-refractivity contribution in [1.82, 2.24) is 5.32 Å². The summed E-state index contributed by atoms with van der Waals surface area (Å²) in [4.78, 5) is 21.5. The number of aliphatic imine (C=N–C) groups is 2. The minimum Gasteiger partial charge on any atom is -0.462 e. The highest BCUT2D eigenvalue weighted by Crippen LogP contribution is 2.25. The van der Waals surface area contributed by atoms with E-state index in [4.69, 9.17) is 21.9 Å². The third-order valence-corrected chi connectivity index (χ3v) is 5.95. The number of esters is 1. The first-order chi connectivity index (χ1) is 16.5. The van der Waals surface area contributed by atoms with Crippen molar-refractivity contribution in [2.24, 2.45) is 27.2 Å². The van der Waals surface area contributed by atoms with Crippen molar-refractivity contribution in [2.45, 2.75) is 109 Å². The highest BCUT2D eigenvalue weighted by Gasteiger charge is 2.29. The Bertz CT molecular complexity index is 659. The van der Waals surface area contributed by atoms with E-state index < -0.39 is 0 Å². The molecule has 0 radical (unpaired) electrons. The number of hydrogen-bond acceptors (Lipinski definition) is 7. The Labute approximate surface area is 205 Å². The number of allylic oxidation sites excluding steroid dienone is 1. The molecule has 0 amide bonds. The SMILES string of the molecule is CCCCCCCCCC1N=C(N)NC(CCCO)=C1C(=O)OCCCCCCCN=C(N)N. The molecule has 1 atom stereocenters. The minimum atomic E-state index is -0.322. The van der Waals surface area contributed by atoms with Crippen LogP contribution in [-0.2, 0) is 9.53 Å². The standard InChI is InChI=1S/C25H48N6O3/c1-2-3-4-5-6-8-11-15-20-22(21(16-14-18-32)31-25(28)30-20)23(33)34-19-13-10-7-9-12-17-29-24(26)27/h20,32H,2-19H2,1H3,(H4,26,27,29)(H3,28,30,31). The first-order valence-corrected chi connectivity index (χ1v) is 13.2. The molecule has 1 heterocycles. The summed E-state index contributed by atoms with van der Waals surface area (Å²) in [5.41, 5.74) is 18.0. The fourth-order valence-corrected chi connectivity index (χ4v) is 4.10. The van der Waals surface area contributed by atoms with Gasteiger partial charge in [-0.3, -0.25) is 4.99 Å². The third kappa shape index (κ3) is 13.4. The molecule has 0 saturated carbocycles. The van der Waals surface area contributed by atoms with Gasteiger partial charge in [0.1, 0.15) is 0 Å². The second-order valence-corrected chi connectivity index (χ2v) is 8.99. The maximum atomic E-state index is 13.0. The Morgan fingerprint density at radius 1 is 1.00 bits per heavy atom. The number of unbranched alkanes of at least 4 members (excludes halogenated alkanes) is 10. The summed E-state index contributed by atoms with van der Waals surface area (Å²) < 4.78 is 5.62. The molecule has 196 valence electrons. The number of nitrogens with two attached hydrogens (primary N) is 3. The van der Waals surface area contributed by atoms with Crippen LogP contribution in [0.2, 0.25) is 0 Å². The van der Waals surface area contributed by atoms with Gasteiger partial charge in [0.2, 0.25) is 0 Å². The van der Waals surface area contributed by atoms with Crippen molar-refractivity contribution < 1.29 is 14.6 Å². The van der Waals surface area contributed by atoms with Crippen LogP contribution in [-0.4, -0.2) is 48.8 Å². The van der Waals surface area contributed by atoms with Crippen LogP contribution in [0.15, 0.2) is 21.3 Å². The van der Waals surface area contributed by atoms with Crippen molar-refractivity contribution in [3.8, 4) is 0 Å². The Kier molecular flexibility index (Phi) is 16.7. The summed E-state index contributed by atoms with van der Waals surface area (Å²) >= 11 is 0. The zero-order chi connectivity index (χ0) is 25.0. The van der Waals surface area contributed by atoms with E-state index in [0.717, 1.165) is 57.1 Å². The molecule has 1 unspecified atom stereocenters. The Balaban J connectivity index is 2.52. The van der Waals surface area contributed by atoms with Gasteiger partial charge in [-0.15, -0.1) is 0 Å². The van der Waals surface area contributed by atoms with Crippen LogP contribution >= 0.6 is 0 Å². The van der Waals surface area contributed by atoms with E-state index in [9.17, 15) is 9.90 Å². The van der Waals surface area contributed by atoms with Gasteiger partial charge < -0.3 is 32.4 Å². The normalized spacial score (nSPS) is 15.6. The van der Waals surface area contributed by atoms with E-state index in [2.05, 4.69) is 22.2 Å². The molecule has 9 heteroatoms. The van der Waals surface area contributed by atoms with Crippen LogP contribution in [0.5, 0.6) is 0 Å². The van der Waals surface area contributed by atoms with E-state index in [1.807, 2.05) is 0 Å². The molecule has 0 aromatic rings. The number of rotatable bonds is 20. The van der Waals surface area contributed by atoms with E-state index in [1.54, 1.807) is 0 Å². The van der Waals surface area contributed by atoms with E-state index in [0.29, 0.717) is 37.5 Å². The molecule has 9 nitrogen and oxygen atoms in total. The molecule has 1 aliphatic rings. The third-order valence-electron chi connectivity index (χ3n) is 5.95. The molecule has 0 fully saturated rings. The van der Waals surface area contributed by atoms with E-state index in [-0.39, 0.29) is 24.6 Å². The van der Waals surface area contributed by atoms with Crippen molar-refractivity contribution in [2.75, 3.05) is 19.8 Å². The number of carbonyl (C=O) groups excluding carboxylic acids is 1. The Morgan fingerprint density at radius 3 is 2.32 bits per heavy atom. The topological polar surface area (TPSA) is 161 Å². The lowest BCUT2D eigenvalue weighted by atomic mass is 9.95. The predicted octanol–water partition coefficient (Wildman–Crippen LogP) is 3.21. The maximum absolute atomic E-state index is 13.0. The zero-order valence-electron chi connectivity index (χ0n) is 21.2. The molecule has 0 spiro atoms. The molecule has 1 aliphatic heterocycles. The molecule has 8 N–H and O–H groups in total. The predicted molar refractivity (Wildman–Crippen MR) is 139 cm³/mol. The number of hydrogen-bond donors (Lipinski definition) is 5. The van der Waals surface area contributed by atoms with Crippen LogP contribution in [0.3, 0.4) is 0 Å². The van der Waals surface area contributed by atoms with Gasteiger partial charge >= 0.3 is 5.97 Å². The maximum Gasteiger partial charge on any atom is 0.337 e. The number of nitrogens with zero attached hydrogens (tertiary/aromatic N) is 2. The van der Waals surface area contributed by atoms with Crippen LogP contribution in [0.1, 0.15) is 103 Å². The van der Waals surface area contributed by atoms with Gasteiger partial charge in [-0.25, -0.2) is 9.79 Å². The molecular formula is C25H48N6O3. The average Bonchev–Trinajstić information content (AvgIpc) is 2.80. The number of nitrogens with one attached hydrogen (secondary N) is 1. The first-order valence-electron chi connectivity index (χ1n) is 13.2. The molecular weight excluding hydrogens is 432 g/mol. The molecule has 0 aromatic carbocycles. The van der Waals surface area contributed by atoms with Gasteiger partial charge in [0, 0.05) is 18.8 Å². The largest absolute Gasteiger partial charge is 0.462 e. The Morgan fingerprint density at radius 2 is 1.65 bits per heavy atom. The van der Waals surface area contributed by atoms with Crippen LogP contribution < -0.4 is 22.5 Å². The van der Waals surface area contributed by atoms with Crippen molar-refractivity contribution in [3.05, 3.63) is 11.3 Å². The summed E-state index contributed by atoms with van der Waals surface area (Å²) in [6.07, 6.45) is 15.1. The molecule has 34 heavy (non-hydrogen) atoms. The van der Waals surface area contributed by atoms with Gasteiger partial charge in [-0.05, 0) is 32.1 Å². The molecule has 0 saturated heterocycles. The average molecular weight is 481 g/mol. The first kappa shape index (κ1) is 29.7. The summed E-state index contributed by atoms with van der Waals surface area (Å²) in [6, 6.07) is -0.284. The summed E-state index contributed by atoms with van der Waals surface area (Å²) in [6.45, 7) is 3.31. The van der Waals surface area contributed by atoms with Crippen molar-refractivity contribution in [3.63, 3.8) is 0 Å². The lowest BCUT2D eigenvalue weighted by molar-refractivity contribution is -0.139. The summed E-state index contributed by atoms with van der Waals surface area (Å²) in [7, 11) is 0. The zero-order valence-corrected chi connectivity index (χ0v) is 21.2. The van der Waals surface area contributed by atoms with Crippen molar-refractivity contribution in [1.29, 1.82) is 0 Å². The van der Waals surface area contributed by atoms with Gasteiger partial charge in [0.15, 0.2) is 11.9 Å². The highest BCUT2D eigenvalue weighted by atomic mass is 16.5. The fourth-order valence-electron chi connectivity index (χ4n) is 4.10. The van der Waals surface area contributed by atoms with Gasteiger partial charge in [0.25, 0.3) is 0 Å².